The fourth-order valence-electron chi connectivity index (χ4n) is 2.35. The van der Waals surface area contributed by atoms with E-state index in [1.807, 2.05) is 19.2 Å². The molecule has 1 unspecified atom stereocenters. The number of rotatable bonds is 3. The third-order valence-electron chi connectivity index (χ3n) is 3.19. The summed E-state index contributed by atoms with van der Waals surface area (Å²) in [6, 6.07) is 4.08. The van der Waals surface area contributed by atoms with Gasteiger partial charge in [-0.25, -0.2) is 0 Å². The quantitative estimate of drug-likeness (QED) is 0.838. The molecule has 0 aromatic carbocycles. The van der Waals surface area contributed by atoms with Gasteiger partial charge in [0.15, 0.2) is 0 Å². The summed E-state index contributed by atoms with van der Waals surface area (Å²) in [4.78, 5) is 6.45. The van der Waals surface area contributed by atoms with Crippen LogP contribution in [0, 0.1) is 0 Å². The van der Waals surface area contributed by atoms with E-state index in [4.69, 9.17) is 0 Å². The Balaban J connectivity index is 1.82. The van der Waals surface area contributed by atoms with Crippen molar-refractivity contribution in [3.63, 3.8) is 0 Å². The van der Waals surface area contributed by atoms with Crippen LogP contribution in [0.15, 0.2) is 24.5 Å². The van der Waals surface area contributed by atoms with Crippen LogP contribution in [0.4, 0.5) is 0 Å². The minimum absolute atomic E-state index is 0.493. The molecule has 3 heteroatoms. The van der Waals surface area contributed by atoms with Crippen molar-refractivity contribution in [2.45, 2.75) is 31.8 Å². The fourth-order valence-corrected chi connectivity index (χ4v) is 2.35. The number of hydrogen-bond donors (Lipinski definition) is 1. The maximum Gasteiger partial charge on any atom is 0.0746 e. The first-order valence-corrected chi connectivity index (χ1v) is 5.99. The van der Waals surface area contributed by atoms with E-state index in [1.165, 1.54) is 5.56 Å². The van der Waals surface area contributed by atoms with E-state index in [1.54, 1.807) is 6.20 Å². The van der Waals surface area contributed by atoms with Crippen LogP contribution >= 0.6 is 0 Å². The van der Waals surface area contributed by atoms with Crippen molar-refractivity contribution in [1.82, 2.24) is 9.88 Å². The Morgan fingerprint density at radius 2 is 2.44 bits per heavy atom. The molecular formula is C13H20N2O. The van der Waals surface area contributed by atoms with Gasteiger partial charge in [0, 0.05) is 25.5 Å². The lowest BCUT2D eigenvalue weighted by molar-refractivity contribution is -0.0150. The van der Waals surface area contributed by atoms with Gasteiger partial charge in [0.05, 0.1) is 5.60 Å². The highest BCUT2D eigenvalue weighted by molar-refractivity contribution is 5.08. The van der Waals surface area contributed by atoms with Crippen molar-refractivity contribution < 1.29 is 5.11 Å². The molecule has 0 spiro atoms. The number of pyridine rings is 1. The first-order valence-electron chi connectivity index (χ1n) is 5.99. The normalized spacial score (nSPS) is 26.9. The third kappa shape index (κ3) is 3.29. The second-order valence-electron chi connectivity index (χ2n) is 4.99. The van der Waals surface area contributed by atoms with E-state index in [0.29, 0.717) is 0 Å². The molecule has 3 nitrogen and oxygen atoms in total. The molecule has 2 heterocycles. The molecule has 1 aliphatic rings. The lowest BCUT2D eigenvalue weighted by Crippen LogP contribution is -2.46. The number of likely N-dealkylation sites (tertiary alicyclic amines) is 1. The smallest absolute Gasteiger partial charge is 0.0746 e. The van der Waals surface area contributed by atoms with Crippen molar-refractivity contribution in [2.24, 2.45) is 0 Å². The predicted octanol–water partition coefficient (Wildman–Crippen LogP) is 1.47. The highest BCUT2D eigenvalue weighted by Crippen LogP contribution is 2.20. The van der Waals surface area contributed by atoms with Gasteiger partial charge in [-0.2, -0.15) is 0 Å². The molecule has 2 rings (SSSR count). The zero-order valence-electron chi connectivity index (χ0n) is 9.89. The van der Waals surface area contributed by atoms with Crippen LogP contribution in [0.1, 0.15) is 25.3 Å². The molecule has 1 saturated heterocycles. The fraction of sp³-hybridized carbons (Fsp3) is 0.615. The van der Waals surface area contributed by atoms with Gasteiger partial charge in [-0.3, -0.25) is 4.98 Å². The molecule has 1 fully saturated rings. The summed E-state index contributed by atoms with van der Waals surface area (Å²) in [5, 5.41) is 9.99. The largest absolute Gasteiger partial charge is 0.389 e. The molecule has 0 saturated carbocycles. The van der Waals surface area contributed by atoms with Gasteiger partial charge < -0.3 is 10.0 Å². The molecular weight excluding hydrogens is 200 g/mol. The number of β-amino-alcohol motifs (C(OH)–C–C–N with tert-alkyl or cyclic N) is 1. The van der Waals surface area contributed by atoms with Crippen LogP contribution in [0.2, 0.25) is 0 Å². The second kappa shape index (κ2) is 4.93. The SMILES string of the molecule is CC1(O)CCCN(CCc2cccnc2)C1. The number of aromatic nitrogens is 1. The van der Waals surface area contributed by atoms with Crippen molar-refractivity contribution in [3.8, 4) is 0 Å². The van der Waals surface area contributed by atoms with Crippen molar-refractivity contribution in [3.05, 3.63) is 30.1 Å². The average Bonchev–Trinajstić information content (AvgIpc) is 2.27. The zero-order valence-corrected chi connectivity index (χ0v) is 9.89. The average molecular weight is 220 g/mol. The van der Waals surface area contributed by atoms with Gasteiger partial charge in [-0.1, -0.05) is 6.07 Å². The molecule has 1 aromatic rings. The Hall–Kier alpha value is -0.930. The molecule has 1 N–H and O–H groups in total. The van der Waals surface area contributed by atoms with E-state index >= 15 is 0 Å². The Morgan fingerprint density at radius 3 is 3.12 bits per heavy atom. The Bertz CT molecular complexity index is 324. The highest BCUT2D eigenvalue weighted by atomic mass is 16.3. The summed E-state index contributed by atoms with van der Waals surface area (Å²) in [5.74, 6) is 0. The van der Waals surface area contributed by atoms with Crippen LogP contribution in [-0.2, 0) is 6.42 Å². The summed E-state index contributed by atoms with van der Waals surface area (Å²) in [7, 11) is 0. The Kier molecular flexibility index (Phi) is 3.56. The minimum atomic E-state index is -0.493. The van der Waals surface area contributed by atoms with Gasteiger partial charge in [-0.15, -0.1) is 0 Å². The number of piperidine rings is 1. The molecule has 16 heavy (non-hydrogen) atoms. The van der Waals surface area contributed by atoms with E-state index in [0.717, 1.165) is 38.9 Å². The molecule has 0 radical (unpaired) electrons. The van der Waals surface area contributed by atoms with Gasteiger partial charge in [0.25, 0.3) is 0 Å². The van der Waals surface area contributed by atoms with Crippen LogP contribution in [0.5, 0.6) is 0 Å². The lowest BCUT2D eigenvalue weighted by Gasteiger charge is -2.36. The summed E-state index contributed by atoms with van der Waals surface area (Å²) < 4.78 is 0. The molecule has 0 bridgehead atoms. The molecule has 1 atom stereocenters. The minimum Gasteiger partial charge on any atom is -0.389 e. The maximum absolute atomic E-state index is 9.99. The zero-order chi connectivity index (χ0) is 11.4. The van der Waals surface area contributed by atoms with E-state index < -0.39 is 5.60 Å². The number of nitrogens with zero attached hydrogens (tertiary/aromatic N) is 2. The van der Waals surface area contributed by atoms with Crippen LogP contribution in [-0.4, -0.2) is 40.2 Å². The standard InChI is InChI=1S/C13H20N2O/c1-13(16)6-3-8-15(11-13)9-5-12-4-2-7-14-10-12/h2,4,7,10,16H,3,5-6,8-9,11H2,1H3. The summed E-state index contributed by atoms with van der Waals surface area (Å²) in [6.45, 7) is 4.86. The van der Waals surface area contributed by atoms with Crippen LogP contribution in [0.3, 0.4) is 0 Å². The summed E-state index contributed by atoms with van der Waals surface area (Å²) in [6.07, 6.45) is 6.76. The van der Waals surface area contributed by atoms with Gasteiger partial charge in [0.1, 0.15) is 0 Å². The molecule has 88 valence electrons. The predicted molar refractivity (Wildman–Crippen MR) is 64.2 cm³/mol. The molecule has 1 aromatic heterocycles. The van der Waals surface area contributed by atoms with Gasteiger partial charge in [0.2, 0.25) is 0 Å². The van der Waals surface area contributed by atoms with Crippen LogP contribution in [0.25, 0.3) is 0 Å². The number of hydrogen-bond acceptors (Lipinski definition) is 3. The van der Waals surface area contributed by atoms with Gasteiger partial charge >= 0.3 is 0 Å². The maximum atomic E-state index is 9.99. The highest BCUT2D eigenvalue weighted by Gasteiger charge is 2.27. The molecule has 1 aliphatic heterocycles. The first-order chi connectivity index (χ1) is 7.66. The second-order valence-corrected chi connectivity index (χ2v) is 4.99. The lowest BCUT2D eigenvalue weighted by atomic mass is 9.95. The topological polar surface area (TPSA) is 36.4 Å². The summed E-state index contributed by atoms with van der Waals surface area (Å²) >= 11 is 0. The van der Waals surface area contributed by atoms with E-state index in [-0.39, 0.29) is 0 Å². The molecule has 0 amide bonds. The van der Waals surface area contributed by atoms with E-state index in [9.17, 15) is 5.11 Å². The Labute approximate surface area is 97.1 Å². The van der Waals surface area contributed by atoms with Crippen molar-refractivity contribution in [1.29, 1.82) is 0 Å². The first kappa shape index (κ1) is 11.6. The van der Waals surface area contributed by atoms with Crippen molar-refractivity contribution >= 4 is 0 Å². The third-order valence-corrected chi connectivity index (χ3v) is 3.19. The monoisotopic (exact) mass is 220 g/mol. The Morgan fingerprint density at radius 1 is 1.56 bits per heavy atom. The number of aliphatic hydroxyl groups is 1. The summed E-state index contributed by atoms with van der Waals surface area (Å²) in [5.41, 5.74) is 0.778. The van der Waals surface area contributed by atoms with E-state index in [2.05, 4.69) is 16.0 Å². The van der Waals surface area contributed by atoms with Crippen molar-refractivity contribution in [2.75, 3.05) is 19.6 Å². The van der Waals surface area contributed by atoms with Crippen LogP contribution < -0.4 is 0 Å². The van der Waals surface area contributed by atoms with Gasteiger partial charge in [-0.05, 0) is 44.4 Å². The molecule has 0 aliphatic carbocycles.